The average Bonchev–Trinajstić information content (AvgIpc) is 3.02. The van der Waals surface area contributed by atoms with Gasteiger partial charge in [-0.1, -0.05) is 36.4 Å². The number of carbonyl (C=O) groups is 1. The maximum atomic E-state index is 11.7. The molecule has 0 radical (unpaired) electrons. The van der Waals surface area contributed by atoms with Crippen LogP contribution in [0.3, 0.4) is 0 Å². The summed E-state index contributed by atoms with van der Waals surface area (Å²) in [6.07, 6.45) is 3.32. The summed E-state index contributed by atoms with van der Waals surface area (Å²) in [5.74, 6) is -0.177. The molecule has 3 aromatic rings. The number of hydrogen-bond donors (Lipinski definition) is 2. The van der Waals surface area contributed by atoms with Gasteiger partial charge < -0.3 is 15.0 Å². The Morgan fingerprint density at radius 3 is 2.76 bits per heavy atom. The van der Waals surface area contributed by atoms with Crippen LogP contribution in [0.4, 0.5) is 0 Å². The lowest BCUT2D eigenvalue weighted by molar-refractivity contribution is -0.142. The molecule has 0 saturated heterocycles. The minimum absolute atomic E-state index is 0.177. The number of aromatic amines is 1. The average molecular weight is 336 g/mol. The highest BCUT2D eigenvalue weighted by Crippen LogP contribution is 2.20. The molecule has 0 unspecified atom stereocenters. The summed E-state index contributed by atoms with van der Waals surface area (Å²) in [6, 6.07) is 16.5. The van der Waals surface area contributed by atoms with Gasteiger partial charge in [0, 0.05) is 23.6 Å². The molecule has 1 aromatic heterocycles. The van der Waals surface area contributed by atoms with Crippen LogP contribution in [0, 0.1) is 0 Å². The van der Waals surface area contributed by atoms with E-state index in [2.05, 4.69) is 46.8 Å². The Hall–Kier alpha value is -2.59. The molecule has 4 heteroatoms. The molecule has 0 fully saturated rings. The molecule has 0 aliphatic rings. The minimum atomic E-state index is -0.177. The number of nitrogens with one attached hydrogen (secondary N) is 2. The van der Waals surface area contributed by atoms with E-state index >= 15 is 0 Å². The third-order valence-corrected chi connectivity index (χ3v) is 4.23. The van der Waals surface area contributed by atoms with E-state index in [9.17, 15) is 4.79 Å². The zero-order valence-corrected chi connectivity index (χ0v) is 14.5. The van der Waals surface area contributed by atoms with Crippen molar-refractivity contribution in [3.63, 3.8) is 0 Å². The smallest absolute Gasteiger partial charge is 0.310 e. The summed E-state index contributed by atoms with van der Waals surface area (Å²) >= 11 is 0. The number of rotatable bonds is 8. The molecular weight excluding hydrogens is 312 g/mol. The normalized spacial score (nSPS) is 10.9. The number of fused-ring (bicyclic) bond motifs is 1. The van der Waals surface area contributed by atoms with Crippen LogP contribution in [-0.2, 0) is 28.9 Å². The number of hydrogen-bond acceptors (Lipinski definition) is 3. The van der Waals surface area contributed by atoms with Crippen LogP contribution in [0.25, 0.3) is 10.9 Å². The zero-order valence-electron chi connectivity index (χ0n) is 14.5. The van der Waals surface area contributed by atoms with Crippen LogP contribution in [0.15, 0.2) is 54.7 Å². The molecule has 4 nitrogen and oxygen atoms in total. The van der Waals surface area contributed by atoms with E-state index in [1.807, 2.05) is 25.1 Å². The van der Waals surface area contributed by atoms with Gasteiger partial charge in [0.25, 0.3) is 0 Å². The van der Waals surface area contributed by atoms with Crippen LogP contribution in [0.2, 0.25) is 0 Å². The minimum Gasteiger partial charge on any atom is -0.466 e. The van der Waals surface area contributed by atoms with Gasteiger partial charge in [-0.05, 0) is 48.7 Å². The van der Waals surface area contributed by atoms with Crippen molar-refractivity contribution >= 4 is 16.9 Å². The molecule has 0 aliphatic heterocycles. The van der Waals surface area contributed by atoms with Gasteiger partial charge in [-0.15, -0.1) is 0 Å². The van der Waals surface area contributed by atoms with Gasteiger partial charge >= 0.3 is 5.97 Å². The van der Waals surface area contributed by atoms with Crippen molar-refractivity contribution < 1.29 is 9.53 Å². The second-order valence-electron chi connectivity index (χ2n) is 6.09. The fourth-order valence-corrected chi connectivity index (χ4v) is 2.97. The summed E-state index contributed by atoms with van der Waals surface area (Å²) in [5.41, 5.74) is 4.65. The van der Waals surface area contributed by atoms with E-state index < -0.39 is 0 Å². The van der Waals surface area contributed by atoms with Crippen molar-refractivity contribution in [3.05, 3.63) is 71.4 Å². The van der Waals surface area contributed by atoms with Gasteiger partial charge in [0.1, 0.15) is 0 Å². The van der Waals surface area contributed by atoms with E-state index in [4.69, 9.17) is 4.74 Å². The second-order valence-corrected chi connectivity index (χ2v) is 6.09. The van der Waals surface area contributed by atoms with Gasteiger partial charge in [-0.25, -0.2) is 0 Å². The van der Waals surface area contributed by atoms with Crippen LogP contribution in [0.5, 0.6) is 0 Å². The van der Waals surface area contributed by atoms with E-state index in [0.717, 1.165) is 30.6 Å². The largest absolute Gasteiger partial charge is 0.466 e. The lowest BCUT2D eigenvalue weighted by Crippen LogP contribution is -2.16. The van der Waals surface area contributed by atoms with Crippen molar-refractivity contribution in [1.29, 1.82) is 0 Å². The Bertz CT molecular complexity index is 824. The van der Waals surface area contributed by atoms with Crippen molar-refractivity contribution in [1.82, 2.24) is 10.3 Å². The Labute approximate surface area is 148 Å². The van der Waals surface area contributed by atoms with Gasteiger partial charge in [-0.2, -0.15) is 0 Å². The van der Waals surface area contributed by atoms with Crippen LogP contribution < -0.4 is 5.32 Å². The fourth-order valence-electron chi connectivity index (χ4n) is 2.97. The number of carbonyl (C=O) groups excluding carboxylic acids is 1. The van der Waals surface area contributed by atoms with Crippen molar-refractivity contribution in [2.75, 3.05) is 13.2 Å². The molecule has 0 saturated carbocycles. The second kappa shape index (κ2) is 8.49. The predicted octanol–water partition coefficient (Wildman–Crippen LogP) is 3.61. The fraction of sp³-hybridized carbons (Fsp3) is 0.286. The number of esters is 1. The summed E-state index contributed by atoms with van der Waals surface area (Å²) < 4.78 is 5.03. The number of H-pyrrole nitrogens is 1. The molecule has 0 aliphatic carbocycles. The monoisotopic (exact) mass is 336 g/mol. The molecule has 2 N–H and O–H groups in total. The van der Waals surface area contributed by atoms with Crippen molar-refractivity contribution in [2.45, 2.75) is 26.3 Å². The lowest BCUT2D eigenvalue weighted by atomic mass is 10.1. The maximum absolute atomic E-state index is 11.7. The summed E-state index contributed by atoms with van der Waals surface area (Å²) in [4.78, 5) is 15.0. The molecule has 3 rings (SSSR count). The molecule has 0 spiro atoms. The van der Waals surface area contributed by atoms with Gasteiger partial charge in [-0.3, -0.25) is 4.79 Å². The molecule has 130 valence electrons. The van der Waals surface area contributed by atoms with Crippen LogP contribution in [-0.4, -0.2) is 24.1 Å². The highest BCUT2D eigenvalue weighted by Gasteiger charge is 2.08. The van der Waals surface area contributed by atoms with Gasteiger partial charge in [0.05, 0.1) is 13.0 Å². The Morgan fingerprint density at radius 1 is 1.12 bits per heavy atom. The zero-order chi connectivity index (χ0) is 17.5. The first-order valence-corrected chi connectivity index (χ1v) is 8.75. The van der Waals surface area contributed by atoms with Crippen molar-refractivity contribution in [2.24, 2.45) is 0 Å². The van der Waals surface area contributed by atoms with E-state index in [1.54, 1.807) is 0 Å². The summed E-state index contributed by atoms with van der Waals surface area (Å²) in [5, 5.41) is 4.66. The van der Waals surface area contributed by atoms with Crippen LogP contribution in [0.1, 0.15) is 23.6 Å². The van der Waals surface area contributed by atoms with Crippen LogP contribution >= 0.6 is 0 Å². The molecule has 0 bridgehead atoms. The quantitative estimate of drug-likeness (QED) is 0.488. The Balaban J connectivity index is 1.60. The first-order chi connectivity index (χ1) is 12.3. The lowest BCUT2D eigenvalue weighted by Gasteiger charge is -2.06. The first-order valence-electron chi connectivity index (χ1n) is 8.75. The number of ether oxygens (including phenoxy) is 1. The molecule has 1 heterocycles. The van der Waals surface area contributed by atoms with Crippen molar-refractivity contribution in [3.8, 4) is 0 Å². The first kappa shape index (κ1) is 17.2. The topological polar surface area (TPSA) is 54.1 Å². The number of benzene rings is 2. The molecule has 25 heavy (non-hydrogen) atoms. The summed E-state index contributed by atoms with van der Waals surface area (Å²) in [6.45, 7) is 4.03. The van der Waals surface area contributed by atoms with E-state index in [1.165, 1.54) is 16.5 Å². The standard InChI is InChI=1S/C21H24N2O2/c1-2-25-21(24)13-17-8-9-20-19(12-17)18(15-23-20)10-11-22-14-16-6-4-3-5-7-16/h3-9,12,15,22-23H,2,10-11,13-14H2,1H3. The molecule has 2 aromatic carbocycles. The highest BCUT2D eigenvalue weighted by atomic mass is 16.5. The SMILES string of the molecule is CCOC(=O)Cc1ccc2[nH]cc(CCNCc3ccccc3)c2c1. The van der Waals surface area contributed by atoms with Gasteiger partial charge in [0.2, 0.25) is 0 Å². The maximum Gasteiger partial charge on any atom is 0.310 e. The molecule has 0 amide bonds. The molecule has 0 atom stereocenters. The van der Waals surface area contributed by atoms with Gasteiger partial charge in [0.15, 0.2) is 0 Å². The third kappa shape index (κ3) is 4.70. The Morgan fingerprint density at radius 2 is 1.96 bits per heavy atom. The summed E-state index contributed by atoms with van der Waals surface area (Å²) in [7, 11) is 0. The Kier molecular flexibility index (Phi) is 5.86. The predicted molar refractivity (Wildman–Crippen MR) is 100 cm³/mol. The number of aromatic nitrogens is 1. The van der Waals surface area contributed by atoms with E-state index in [-0.39, 0.29) is 5.97 Å². The highest BCUT2D eigenvalue weighted by molar-refractivity contribution is 5.85. The third-order valence-electron chi connectivity index (χ3n) is 4.23. The van der Waals surface area contributed by atoms with E-state index in [0.29, 0.717) is 13.0 Å². The molecular formula is C21H24N2O2.